The highest BCUT2D eigenvalue weighted by Gasteiger charge is 2.09. The van der Waals surface area contributed by atoms with Gasteiger partial charge >= 0.3 is 0 Å². The molecule has 0 saturated carbocycles. The van der Waals surface area contributed by atoms with Crippen LogP contribution in [0.4, 0.5) is 0 Å². The Balaban J connectivity index is 2.20. The van der Waals surface area contributed by atoms with Crippen LogP contribution in [0, 0.1) is 6.92 Å². The van der Waals surface area contributed by atoms with E-state index in [9.17, 15) is 0 Å². The summed E-state index contributed by atoms with van der Waals surface area (Å²) in [5.41, 5.74) is 5.23. The van der Waals surface area contributed by atoms with Crippen molar-refractivity contribution in [2.75, 3.05) is 6.61 Å². The molecule has 1 aromatic carbocycles. The molecule has 1 N–H and O–H groups in total. The summed E-state index contributed by atoms with van der Waals surface area (Å²) < 4.78 is 2.15. The maximum absolute atomic E-state index is 9.06. The summed E-state index contributed by atoms with van der Waals surface area (Å²) in [5, 5.41) is 9.79. The molecule has 3 aromatic rings. The van der Waals surface area contributed by atoms with E-state index in [1.807, 2.05) is 30.5 Å². The van der Waals surface area contributed by atoms with Gasteiger partial charge in [0.15, 0.2) is 0 Å². The van der Waals surface area contributed by atoms with Crippen LogP contribution >= 0.6 is 11.6 Å². The standard InChI is InChI=1S/C16H15ClN2O/c1-11-8-15-16(9-12(6-7-20)10-18-15)19(11)14-4-2-13(17)3-5-14/h2-5,8-10,20H,6-7H2,1H3. The van der Waals surface area contributed by atoms with Gasteiger partial charge < -0.3 is 9.67 Å². The smallest absolute Gasteiger partial charge is 0.0887 e. The highest BCUT2D eigenvalue weighted by molar-refractivity contribution is 6.30. The summed E-state index contributed by atoms with van der Waals surface area (Å²) in [6.45, 7) is 2.19. The lowest BCUT2D eigenvalue weighted by atomic mass is 10.2. The Morgan fingerprint density at radius 1 is 1.20 bits per heavy atom. The van der Waals surface area contributed by atoms with Gasteiger partial charge in [0.25, 0.3) is 0 Å². The van der Waals surface area contributed by atoms with Crippen molar-refractivity contribution in [3.63, 3.8) is 0 Å². The first-order chi connectivity index (χ1) is 9.69. The van der Waals surface area contributed by atoms with Crippen molar-refractivity contribution in [2.45, 2.75) is 13.3 Å². The Bertz CT molecular complexity index is 747. The van der Waals surface area contributed by atoms with Crippen molar-refractivity contribution < 1.29 is 5.11 Å². The van der Waals surface area contributed by atoms with Gasteiger partial charge in [-0.2, -0.15) is 0 Å². The fraction of sp³-hybridized carbons (Fsp3) is 0.188. The molecule has 102 valence electrons. The van der Waals surface area contributed by atoms with Crippen LogP contribution in [0.1, 0.15) is 11.3 Å². The Morgan fingerprint density at radius 3 is 2.65 bits per heavy atom. The molecule has 0 spiro atoms. The lowest BCUT2D eigenvalue weighted by Gasteiger charge is -2.09. The van der Waals surface area contributed by atoms with E-state index < -0.39 is 0 Å². The van der Waals surface area contributed by atoms with Crippen LogP contribution in [-0.2, 0) is 6.42 Å². The van der Waals surface area contributed by atoms with Crippen LogP contribution in [0.15, 0.2) is 42.6 Å². The zero-order chi connectivity index (χ0) is 14.1. The largest absolute Gasteiger partial charge is 0.396 e. The molecule has 2 aromatic heterocycles. The van der Waals surface area contributed by atoms with Gasteiger partial charge in [0.1, 0.15) is 0 Å². The summed E-state index contributed by atoms with van der Waals surface area (Å²) in [6, 6.07) is 11.9. The minimum Gasteiger partial charge on any atom is -0.396 e. The Hall–Kier alpha value is -1.84. The van der Waals surface area contributed by atoms with Crippen molar-refractivity contribution >= 4 is 22.6 Å². The fourth-order valence-electron chi connectivity index (χ4n) is 2.45. The minimum absolute atomic E-state index is 0.133. The monoisotopic (exact) mass is 286 g/mol. The quantitative estimate of drug-likeness (QED) is 0.800. The molecule has 20 heavy (non-hydrogen) atoms. The van der Waals surface area contributed by atoms with Gasteiger partial charge in [-0.3, -0.25) is 4.98 Å². The van der Waals surface area contributed by atoms with E-state index in [1.165, 1.54) is 0 Å². The number of rotatable bonds is 3. The van der Waals surface area contributed by atoms with Gasteiger partial charge in [-0.15, -0.1) is 0 Å². The molecule has 0 unspecified atom stereocenters. The predicted molar refractivity (Wildman–Crippen MR) is 81.6 cm³/mol. The van der Waals surface area contributed by atoms with Gasteiger partial charge in [-0.1, -0.05) is 11.6 Å². The van der Waals surface area contributed by atoms with Gasteiger partial charge in [0.2, 0.25) is 0 Å². The van der Waals surface area contributed by atoms with Gasteiger partial charge in [-0.05, 0) is 55.3 Å². The van der Waals surface area contributed by atoms with Crippen LogP contribution in [0.5, 0.6) is 0 Å². The second-order valence-corrected chi connectivity index (χ2v) is 5.26. The number of aromatic nitrogens is 2. The topological polar surface area (TPSA) is 38.1 Å². The summed E-state index contributed by atoms with van der Waals surface area (Å²) in [7, 11) is 0. The van der Waals surface area contributed by atoms with Crippen LogP contribution in [0.2, 0.25) is 5.02 Å². The summed E-state index contributed by atoms with van der Waals surface area (Å²) in [6.07, 6.45) is 2.44. The van der Waals surface area contributed by atoms with Crippen LogP contribution in [-0.4, -0.2) is 21.3 Å². The molecule has 0 amide bonds. The van der Waals surface area contributed by atoms with E-state index in [0.29, 0.717) is 6.42 Å². The Labute approximate surface area is 122 Å². The van der Waals surface area contributed by atoms with Crippen molar-refractivity contribution in [1.82, 2.24) is 9.55 Å². The predicted octanol–water partition coefficient (Wildman–Crippen LogP) is 3.52. The number of pyridine rings is 1. The highest BCUT2D eigenvalue weighted by atomic mass is 35.5. The van der Waals surface area contributed by atoms with E-state index in [0.717, 1.165) is 33.0 Å². The van der Waals surface area contributed by atoms with Crippen LogP contribution in [0.25, 0.3) is 16.7 Å². The number of aliphatic hydroxyl groups is 1. The molecule has 0 fully saturated rings. The van der Waals surface area contributed by atoms with Crippen LogP contribution in [0.3, 0.4) is 0 Å². The van der Waals surface area contributed by atoms with Crippen molar-refractivity contribution in [1.29, 1.82) is 0 Å². The lowest BCUT2D eigenvalue weighted by Crippen LogP contribution is -1.97. The molecule has 0 aliphatic heterocycles. The number of halogens is 1. The zero-order valence-electron chi connectivity index (χ0n) is 11.2. The number of hydrogen-bond acceptors (Lipinski definition) is 2. The average Bonchev–Trinajstić information content (AvgIpc) is 2.76. The third-order valence-electron chi connectivity index (χ3n) is 3.38. The molecule has 3 rings (SSSR count). The molecule has 4 heteroatoms. The number of aryl methyl sites for hydroxylation is 1. The van der Waals surface area contributed by atoms with Crippen molar-refractivity contribution in [3.05, 3.63) is 58.9 Å². The first-order valence-corrected chi connectivity index (χ1v) is 6.90. The normalized spacial score (nSPS) is 11.2. The van der Waals surface area contributed by atoms with Gasteiger partial charge in [0, 0.05) is 29.2 Å². The van der Waals surface area contributed by atoms with E-state index in [4.69, 9.17) is 16.7 Å². The average molecular weight is 287 g/mol. The van der Waals surface area contributed by atoms with E-state index in [-0.39, 0.29) is 6.61 Å². The SMILES string of the molecule is Cc1cc2ncc(CCO)cc2n1-c1ccc(Cl)cc1. The molecule has 2 heterocycles. The second-order valence-electron chi connectivity index (χ2n) is 4.82. The molecule has 3 nitrogen and oxygen atoms in total. The minimum atomic E-state index is 0.133. The molecule has 0 atom stereocenters. The Morgan fingerprint density at radius 2 is 1.95 bits per heavy atom. The molecule has 0 radical (unpaired) electrons. The van der Waals surface area contributed by atoms with Crippen LogP contribution < -0.4 is 0 Å². The molecule has 0 aliphatic carbocycles. The summed E-state index contributed by atoms with van der Waals surface area (Å²) in [5.74, 6) is 0. The van der Waals surface area contributed by atoms with Gasteiger partial charge in [-0.25, -0.2) is 0 Å². The number of aliphatic hydroxyl groups excluding tert-OH is 1. The molecule has 0 aliphatic rings. The Kier molecular flexibility index (Phi) is 3.47. The second kappa shape index (κ2) is 5.27. The molecule has 0 saturated heterocycles. The number of fused-ring (bicyclic) bond motifs is 1. The number of nitrogens with zero attached hydrogens (tertiary/aromatic N) is 2. The summed E-state index contributed by atoms with van der Waals surface area (Å²) in [4.78, 5) is 4.47. The molecular formula is C16H15ClN2O. The maximum Gasteiger partial charge on any atom is 0.0887 e. The zero-order valence-corrected chi connectivity index (χ0v) is 11.9. The van der Waals surface area contributed by atoms with Crippen molar-refractivity contribution in [3.8, 4) is 5.69 Å². The number of benzene rings is 1. The van der Waals surface area contributed by atoms with E-state index >= 15 is 0 Å². The first kappa shape index (κ1) is 13.2. The fourth-order valence-corrected chi connectivity index (χ4v) is 2.57. The van der Waals surface area contributed by atoms with E-state index in [1.54, 1.807) is 0 Å². The van der Waals surface area contributed by atoms with E-state index in [2.05, 4.69) is 28.6 Å². The maximum atomic E-state index is 9.06. The first-order valence-electron chi connectivity index (χ1n) is 6.53. The summed E-state index contributed by atoms with van der Waals surface area (Å²) >= 11 is 5.95. The molecular weight excluding hydrogens is 272 g/mol. The lowest BCUT2D eigenvalue weighted by molar-refractivity contribution is 0.299. The third kappa shape index (κ3) is 2.30. The molecule has 0 bridgehead atoms. The highest BCUT2D eigenvalue weighted by Crippen LogP contribution is 2.24. The number of hydrogen-bond donors (Lipinski definition) is 1. The van der Waals surface area contributed by atoms with Crippen molar-refractivity contribution in [2.24, 2.45) is 0 Å². The van der Waals surface area contributed by atoms with Gasteiger partial charge in [0.05, 0.1) is 11.0 Å². The third-order valence-corrected chi connectivity index (χ3v) is 3.63.